The quantitative estimate of drug-likeness (QED) is 0.810. The molecule has 0 radical (unpaired) electrons. The molecule has 1 N–H and O–H groups in total. The predicted octanol–water partition coefficient (Wildman–Crippen LogP) is 0.318. The molecule has 3 aliphatic heterocycles. The molecule has 2 saturated heterocycles. The van der Waals surface area contributed by atoms with Gasteiger partial charge in [0.15, 0.2) is 5.69 Å². The Bertz CT molecular complexity index is 626. The third-order valence-electron chi connectivity index (χ3n) is 5.05. The Kier molecular flexibility index (Phi) is 3.18. The molecule has 0 aliphatic carbocycles. The van der Waals surface area contributed by atoms with E-state index in [9.17, 15) is 9.59 Å². The molecular formula is C15H20N4O3. The normalized spacial score (nSPS) is 27.8. The SMILES string of the molecule is C[C@H]1C(=O)N2CCC[C@@H]2CN1C(=O)c1n[nH]c2c1COCC2. The summed E-state index contributed by atoms with van der Waals surface area (Å²) in [6.07, 6.45) is 2.75. The summed E-state index contributed by atoms with van der Waals surface area (Å²) < 4.78 is 5.44. The van der Waals surface area contributed by atoms with Crippen LogP contribution in [0, 0.1) is 0 Å². The Morgan fingerprint density at radius 3 is 3.18 bits per heavy atom. The summed E-state index contributed by atoms with van der Waals surface area (Å²) in [7, 11) is 0. The van der Waals surface area contributed by atoms with Crippen molar-refractivity contribution in [2.24, 2.45) is 0 Å². The molecular weight excluding hydrogens is 284 g/mol. The number of ether oxygens (including phenoxy) is 1. The van der Waals surface area contributed by atoms with Crippen LogP contribution in [0.2, 0.25) is 0 Å². The van der Waals surface area contributed by atoms with E-state index in [0.717, 1.165) is 37.1 Å². The first kappa shape index (κ1) is 13.8. The maximum Gasteiger partial charge on any atom is 0.275 e. The number of carbonyl (C=O) groups is 2. The number of nitrogens with zero attached hydrogens (tertiary/aromatic N) is 3. The summed E-state index contributed by atoms with van der Waals surface area (Å²) in [5.74, 6) is -0.0989. The van der Waals surface area contributed by atoms with Crippen molar-refractivity contribution >= 4 is 11.8 Å². The smallest absolute Gasteiger partial charge is 0.275 e. The summed E-state index contributed by atoms with van der Waals surface area (Å²) in [5.41, 5.74) is 2.25. The topological polar surface area (TPSA) is 78.5 Å². The highest BCUT2D eigenvalue weighted by Gasteiger charge is 2.43. The van der Waals surface area contributed by atoms with E-state index in [2.05, 4.69) is 10.2 Å². The van der Waals surface area contributed by atoms with Gasteiger partial charge in [0.25, 0.3) is 5.91 Å². The van der Waals surface area contributed by atoms with Crippen LogP contribution in [0.4, 0.5) is 0 Å². The fourth-order valence-electron chi connectivity index (χ4n) is 3.76. The highest BCUT2D eigenvalue weighted by Crippen LogP contribution is 2.28. The van der Waals surface area contributed by atoms with Crippen LogP contribution in [0.1, 0.15) is 41.5 Å². The van der Waals surface area contributed by atoms with E-state index in [0.29, 0.717) is 25.5 Å². The van der Waals surface area contributed by atoms with E-state index < -0.39 is 6.04 Å². The lowest BCUT2D eigenvalue weighted by Gasteiger charge is -2.41. The van der Waals surface area contributed by atoms with Crippen LogP contribution in [-0.2, 0) is 22.6 Å². The summed E-state index contributed by atoms with van der Waals surface area (Å²) >= 11 is 0. The van der Waals surface area contributed by atoms with Gasteiger partial charge in [0.2, 0.25) is 5.91 Å². The van der Waals surface area contributed by atoms with Gasteiger partial charge in [-0.1, -0.05) is 0 Å². The van der Waals surface area contributed by atoms with Gasteiger partial charge in [0.1, 0.15) is 6.04 Å². The largest absolute Gasteiger partial charge is 0.376 e. The highest BCUT2D eigenvalue weighted by atomic mass is 16.5. The molecule has 4 rings (SSSR count). The standard InChI is InChI=1S/C15H20N4O3/c1-9-14(20)18-5-2-3-10(18)7-19(9)15(21)13-11-8-22-6-4-12(11)16-17-13/h9-10H,2-8H2,1H3,(H,16,17)/t9-,10+/m0/s1. The maximum absolute atomic E-state index is 12.9. The Morgan fingerprint density at radius 1 is 1.45 bits per heavy atom. The monoisotopic (exact) mass is 304 g/mol. The summed E-state index contributed by atoms with van der Waals surface area (Å²) in [4.78, 5) is 29.0. The number of H-pyrrole nitrogens is 1. The van der Waals surface area contributed by atoms with Gasteiger partial charge in [-0.15, -0.1) is 0 Å². The minimum atomic E-state index is -0.418. The number of hydrogen-bond donors (Lipinski definition) is 1. The molecule has 118 valence electrons. The zero-order valence-electron chi connectivity index (χ0n) is 12.7. The van der Waals surface area contributed by atoms with Gasteiger partial charge >= 0.3 is 0 Å². The number of carbonyl (C=O) groups excluding carboxylic acids is 2. The molecule has 1 aromatic heterocycles. The van der Waals surface area contributed by atoms with Crippen molar-refractivity contribution in [3.63, 3.8) is 0 Å². The van der Waals surface area contributed by atoms with E-state index in [-0.39, 0.29) is 17.9 Å². The van der Waals surface area contributed by atoms with Crippen molar-refractivity contribution in [3.8, 4) is 0 Å². The number of rotatable bonds is 1. The molecule has 0 saturated carbocycles. The van der Waals surface area contributed by atoms with E-state index in [4.69, 9.17) is 4.74 Å². The number of fused-ring (bicyclic) bond motifs is 2. The maximum atomic E-state index is 12.9. The van der Waals surface area contributed by atoms with Crippen molar-refractivity contribution in [1.82, 2.24) is 20.0 Å². The number of piperazine rings is 1. The van der Waals surface area contributed by atoms with Crippen molar-refractivity contribution in [3.05, 3.63) is 17.0 Å². The minimum Gasteiger partial charge on any atom is -0.376 e. The second kappa shape index (κ2) is 5.08. The van der Waals surface area contributed by atoms with Crippen LogP contribution in [0.15, 0.2) is 0 Å². The number of amides is 2. The van der Waals surface area contributed by atoms with Crippen LogP contribution in [-0.4, -0.2) is 63.6 Å². The van der Waals surface area contributed by atoms with Crippen molar-refractivity contribution in [2.45, 2.75) is 44.9 Å². The second-order valence-corrected chi connectivity index (χ2v) is 6.29. The number of hydrogen-bond acceptors (Lipinski definition) is 4. The zero-order chi connectivity index (χ0) is 15.3. The van der Waals surface area contributed by atoms with Crippen LogP contribution in [0.3, 0.4) is 0 Å². The summed E-state index contributed by atoms with van der Waals surface area (Å²) in [6, 6.07) is -0.252. The molecule has 2 atom stereocenters. The van der Waals surface area contributed by atoms with E-state index in [1.807, 2.05) is 11.8 Å². The molecule has 2 amide bonds. The lowest BCUT2D eigenvalue weighted by Crippen LogP contribution is -2.60. The first-order valence-corrected chi connectivity index (χ1v) is 7.92. The van der Waals surface area contributed by atoms with Gasteiger partial charge in [0, 0.05) is 36.8 Å². The highest BCUT2D eigenvalue weighted by molar-refractivity contribution is 5.98. The van der Waals surface area contributed by atoms with Gasteiger partial charge in [-0.25, -0.2) is 0 Å². The Labute approximate surface area is 128 Å². The number of aromatic nitrogens is 2. The predicted molar refractivity (Wildman–Crippen MR) is 77.2 cm³/mol. The van der Waals surface area contributed by atoms with Crippen LogP contribution in [0.5, 0.6) is 0 Å². The third kappa shape index (κ3) is 1.95. The van der Waals surface area contributed by atoms with E-state index in [1.54, 1.807) is 4.90 Å². The Hall–Kier alpha value is -1.89. The molecule has 0 spiro atoms. The first-order chi connectivity index (χ1) is 10.7. The number of aromatic amines is 1. The molecule has 2 fully saturated rings. The lowest BCUT2D eigenvalue weighted by atomic mass is 10.0. The third-order valence-corrected chi connectivity index (χ3v) is 5.05. The van der Waals surface area contributed by atoms with Crippen LogP contribution >= 0.6 is 0 Å². The molecule has 0 unspecified atom stereocenters. The van der Waals surface area contributed by atoms with E-state index >= 15 is 0 Å². The fourth-order valence-corrected chi connectivity index (χ4v) is 3.76. The fraction of sp³-hybridized carbons (Fsp3) is 0.667. The van der Waals surface area contributed by atoms with E-state index in [1.165, 1.54) is 0 Å². The van der Waals surface area contributed by atoms with Crippen LogP contribution in [0.25, 0.3) is 0 Å². The minimum absolute atomic E-state index is 0.0581. The number of nitrogens with one attached hydrogen (secondary N) is 1. The van der Waals surface area contributed by atoms with Gasteiger partial charge in [-0.2, -0.15) is 5.10 Å². The molecule has 22 heavy (non-hydrogen) atoms. The average Bonchev–Trinajstić information content (AvgIpc) is 3.16. The second-order valence-electron chi connectivity index (χ2n) is 6.29. The van der Waals surface area contributed by atoms with Crippen molar-refractivity contribution < 1.29 is 14.3 Å². The molecule has 0 bridgehead atoms. The molecule has 7 heteroatoms. The van der Waals surface area contributed by atoms with Gasteiger partial charge in [-0.05, 0) is 19.8 Å². The van der Waals surface area contributed by atoms with Crippen LogP contribution < -0.4 is 0 Å². The van der Waals surface area contributed by atoms with Crippen molar-refractivity contribution in [2.75, 3.05) is 19.7 Å². The van der Waals surface area contributed by atoms with Gasteiger partial charge in [-0.3, -0.25) is 14.7 Å². The van der Waals surface area contributed by atoms with Gasteiger partial charge in [0.05, 0.1) is 13.2 Å². The molecule has 0 aromatic carbocycles. The van der Waals surface area contributed by atoms with Crippen molar-refractivity contribution in [1.29, 1.82) is 0 Å². The molecule has 4 heterocycles. The lowest BCUT2D eigenvalue weighted by molar-refractivity contribution is -0.141. The van der Waals surface area contributed by atoms with Gasteiger partial charge < -0.3 is 14.5 Å². The average molecular weight is 304 g/mol. The summed E-state index contributed by atoms with van der Waals surface area (Å²) in [6.45, 7) is 4.30. The Balaban J connectivity index is 1.62. The zero-order valence-corrected chi connectivity index (χ0v) is 12.7. The summed E-state index contributed by atoms with van der Waals surface area (Å²) in [5, 5.41) is 7.14. The molecule has 1 aromatic rings. The Morgan fingerprint density at radius 2 is 2.32 bits per heavy atom. The molecule has 3 aliphatic rings. The first-order valence-electron chi connectivity index (χ1n) is 7.92. The molecule has 7 nitrogen and oxygen atoms in total.